The van der Waals surface area contributed by atoms with Gasteiger partial charge in [-0.1, -0.05) is 12.0 Å². The van der Waals surface area contributed by atoms with E-state index in [0.29, 0.717) is 18.4 Å². The fourth-order valence-corrected chi connectivity index (χ4v) is 6.14. The normalized spacial score (nSPS) is 20.8. The Kier molecular flexibility index (Phi) is 5.92. The predicted octanol–water partition coefficient (Wildman–Crippen LogP) is 4.71. The van der Waals surface area contributed by atoms with E-state index in [0.717, 1.165) is 25.5 Å². The van der Waals surface area contributed by atoms with Crippen LogP contribution in [0, 0.1) is 24.0 Å². The van der Waals surface area contributed by atoms with Gasteiger partial charge in [-0.25, -0.2) is 18.2 Å². The maximum absolute atomic E-state index is 16.2. The number of pyridine rings is 2. The van der Waals surface area contributed by atoms with E-state index in [9.17, 15) is 18.7 Å². The van der Waals surface area contributed by atoms with E-state index < -0.39 is 28.9 Å². The van der Waals surface area contributed by atoms with Gasteiger partial charge in [-0.05, 0) is 43.0 Å². The molecule has 2 fully saturated rings. The van der Waals surface area contributed by atoms with Gasteiger partial charge < -0.3 is 20.1 Å². The number of H-pyrrole nitrogens is 1. The average molecular weight is 535 g/mol. The topological polar surface area (TPSA) is 90.5 Å². The van der Waals surface area contributed by atoms with Gasteiger partial charge >= 0.3 is 0 Å². The Morgan fingerprint density at radius 1 is 1.31 bits per heavy atom. The van der Waals surface area contributed by atoms with Crippen molar-refractivity contribution in [3.8, 4) is 35.2 Å². The summed E-state index contributed by atoms with van der Waals surface area (Å²) in [4.78, 5) is 22.2. The highest BCUT2D eigenvalue weighted by Gasteiger charge is 2.49. The van der Waals surface area contributed by atoms with Gasteiger partial charge in [0, 0.05) is 37.0 Å². The smallest absolute Gasteiger partial charge is 0.260 e. The molecule has 0 spiro atoms. The van der Waals surface area contributed by atoms with E-state index in [1.165, 1.54) is 24.3 Å². The molecule has 0 bridgehead atoms. The number of aromatic hydroxyl groups is 1. The van der Waals surface area contributed by atoms with Gasteiger partial charge in [-0.15, -0.1) is 6.42 Å². The van der Waals surface area contributed by atoms with Gasteiger partial charge in [-0.3, -0.25) is 9.69 Å². The van der Waals surface area contributed by atoms with Crippen LogP contribution in [0.5, 0.6) is 11.6 Å². The highest BCUT2D eigenvalue weighted by Crippen LogP contribution is 2.41. The average Bonchev–Trinajstić information content (AvgIpc) is 3.44. The van der Waals surface area contributed by atoms with E-state index in [4.69, 9.17) is 11.2 Å². The summed E-state index contributed by atoms with van der Waals surface area (Å²) in [5, 5.41) is 13.7. The summed E-state index contributed by atoms with van der Waals surface area (Å²) in [7, 11) is 1.58. The molecule has 7 nitrogen and oxygen atoms in total. The van der Waals surface area contributed by atoms with E-state index in [1.54, 1.807) is 7.05 Å². The van der Waals surface area contributed by atoms with Crippen molar-refractivity contribution in [3.63, 3.8) is 0 Å². The number of hydrogen-bond donors (Lipinski definition) is 3. The van der Waals surface area contributed by atoms with Crippen LogP contribution in [-0.2, 0) is 0 Å². The molecule has 6 rings (SSSR count). The molecular formula is C29H25F3N4O3. The number of benzene rings is 2. The molecule has 2 saturated heterocycles. The molecule has 2 aliphatic heterocycles. The van der Waals surface area contributed by atoms with Crippen molar-refractivity contribution in [2.45, 2.75) is 31.0 Å². The molecule has 2 aromatic heterocycles. The summed E-state index contributed by atoms with van der Waals surface area (Å²) in [6.45, 7) is 1.33. The quantitative estimate of drug-likeness (QED) is 0.322. The number of nitrogens with one attached hydrogen (secondary N) is 2. The van der Waals surface area contributed by atoms with E-state index >= 15 is 4.39 Å². The van der Waals surface area contributed by atoms with E-state index in [-0.39, 0.29) is 57.0 Å². The highest BCUT2D eigenvalue weighted by atomic mass is 19.1. The molecule has 0 radical (unpaired) electrons. The van der Waals surface area contributed by atoms with Crippen molar-refractivity contribution in [1.29, 1.82) is 0 Å². The zero-order valence-corrected chi connectivity index (χ0v) is 21.1. The number of halogens is 3. The monoisotopic (exact) mass is 534 g/mol. The maximum Gasteiger partial charge on any atom is 0.260 e. The SMILES string of the molecule is C#Cc1c(F)ccc2cc(O)cc(-c3[nH]c(=O)c4c(NC)cc(OC[C@@]56CCCN5C[C@H](F)C6)nc4c3F)c12. The lowest BCUT2D eigenvalue weighted by Gasteiger charge is -2.31. The first-order valence-corrected chi connectivity index (χ1v) is 12.6. The number of phenolic OH excluding ortho intramolecular Hbond substituents is 1. The molecule has 0 unspecified atom stereocenters. The van der Waals surface area contributed by atoms with Crippen LogP contribution in [0.2, 0.25) is 0 Å². The minimum absolute atomic E-state index is 0.00788. The molecule has 0 amide bonds. The van der Waals surface area contributed by atoms with Gasteiger partial charge in [0.05, 0.1) is 27.9 Å². The number of hydrogen-bond acceptors (Lipinski definition) is 6. The number of rotatable bonds is 5. The number of nitrogens with zero attached hydrogens (tertiary/aromatic N) is 2. The van der Waals surface area contributed by atoms with Crippen LogP contribution in [0.3, 0.4) is 0 Å². The minimum atomic E-state index is -0.931. The van der Waals surface area contributed by atoms with Gasteiger partial charge in [0.1, 0.15) is 29.9 Å². The first kappa shape index (κ1) is 25.1. The number of aromatic nitrogens is 2. The molecule has 0 saturated carbocycles. The number of terminal acetylenes is 1. The molecule has 39 heavy (non-hydrogen) atoms. The number of alkyl halides is 1. The lowest BCUT2D eigenvalue weighted by atomic mass is 9.95. The van der Waals surface area contributed by atoms with Crippen LogP contribution in [0.1, 0.15) is 24.8 Å². The zero-order chi connectivity index (χ0) is 27.5. The second kappa shape index (κ2) is 9.20. The third-order valence-corrected chi connectivity index (χ3v) is 7.87. The molecule has 2 aliphatic rings. The second-order valence-electron chi connectivity index (χ2n) is 10.1. The summed E-state index contributed by atoms with van der Waals surface area (Å²) < 4.78 is 51.0. The summed E-state index contributed by atoms with van der Waals surface area (Å²) in [6, 6.07) is 6.65. The summed E-state index contributed by atoms with van der Waals surface area (Å²) in [5.74, 6) is 0.523. The number of anilines is 1. The Labute approximate surface area is 221 Å². The van der Waals surface area contributed by atoms with Crippen LogP contribution < -0.4 is 15.6 Å². The minimum Gasteiger partial charge on any atom is -0.508 e. The van der Waals surface area contributed by atoms with Gasteiger partial charge in [0.2, 0.25) is 5.88 Å². The van der Waals surface area contributed by atoms with E-state index in [1.807, 2.05) is 0 Å². The second-order valence-corrected chi connectivity index (χ2v) is 10.1. The number of phenols is 1. The maximum atomic E-state index is 16.2. The van der Waals surface area contributed by atoms with Crippen LogP contribution in [0.25, 0.3) is 32.9 Å². The Bertz CT molecular complexity index is 1750. The molecule has 2 atom stereocenters. The first-order chi connectivity index (χ1) is 18.7. The third kappa shape index (κ3) is 3.96. The molecule has 0 aliphatic carbocycles. The largest absolute Gasteiger partial charge is 0.508 e. The predicted molar refractivity (Wildman–Crippen MR) is 143 cm³/mol. The van der Waals surface area contributed by atoms with Gasteiger partial charge in [0.15, 0.2) is 5.82 Å². The van der Waals surface area contributed by atoms with Crippen molar-refractivity contribution >= 4 is 27.4 Å². The van der Waals surface area contributed by atoms with Crippen molar-refractivity contribution in [3.05, 3.63) is 57.9 Å². The van der Waals surface area contributed by atoms with Crippen LogP contribution >= 0.6 is 0 Å². The lowest BCUT2D eigenvalue weighted by molar-refractivity contribution is 0.111. The number of ether oxygens (including phenoxy) is 1. The Morgan fingerprint density at radius 3 is 2.90 bits per heavy atom. The van der Waals surface area contributed by atoms with Crippen molar-refractivity contribution < 1.29 is 23.0 Å². The first-order valence-electron chi connectivity index (χ1n) is 12.6. The van der Waals surface area contributed by atoms with Crippen LogP contribution in [0.4, 0.5) is 18.9 Å². The standard InChI is InChI=1S/C29H25F3N4O3/c1-3-18-20(31)6-5-15-9-17(37)10-19(23(15)18)26-25(32)27-24(28(38)35-26)21(33-2)11-22(34-27)39-14-29-7-4-8-36(29)13-16(30)12-29/h1,5-6,9-11,16,37H,4,7-8,12-14H2,2H3,(H,33,34)(H,35,38)/t16-,29+/m1/s1. The van der Waals surface area contributed by atoms with E-state index in [2.05, 4.69) is 26.1 Å². The van der Waals surface area contributed by atoms with Gasteiger partial charge in [-0.2, -0.15) is 0 Å². The fourth-order valence-electron chi connectivity index (χ4n) is 6.14. The molecular weight excluding hydrogens is 509 g/mol. The van der Waals surface area contributed by atoms with Crippen molar-refractivity contribution in [2.75, 3.05) is 32.1 Å². The third-order valence-electron chi connectivity index (χ3n) is 7.87. The zero-order valence-electron chi connectivity index (χ0n) is 21.1. The molecule has 3 N–H and O–H groups in total. The highest BCUT2D eigenvalue weighted by molar-refractivity contribution is 6.03. The lowest BCUT2D eigenvalue weighted by Crippen LogP contribution is -2.43. The Hall–Kier alpha value is -4.23. The van der Waals surface area contributed by atoms with Crippen LogP contribution in [0.15, 0.2) is 35.1 Å². The summed E-state index contributed by atoms with van der Waals surface area (Å²) in [6.07, 6.45) is 6.72. The van der Waals surface area contributed by atoms with Crippen molar-refractivity contribution in [2.24, 2.45) is 0 Å². The summed E-state index contributed by atoms with van der Waals surface area (Å²) >= 11 is 0. The molecule has 4 aromatic rings. The number of fused-ring (bicyclic) bond motifs is 3. The molecule has 4 heterocycles. The molecule has 200 valence electrons. The van der Waals surface area contributed by atoms with Gasteiger partial charge in [0.25, 0.3) is 5.56 Å². The fraction of sp³-hybridized carbons (Fsp3) is 0.310. The molecule has 10 heteroatoms. The Morgan fingerprint density at radius 2 is 2.13 bits per heavy atom. The van der Waals surface area contributed by atoms with Crippen molar-refractivity contribution in [1.82, 2.24) is 14.9 Å². The number of aromatic amines is 1. The summed E-state index contributed by atoms with van der Waals surface area (Å²) in [5.41, 5.74) is -1.52. The van der Waals surface area contributed by atoms with Crippen LogP contribution in [-0.4, -0.2) is 58.4 Å². The Balaban J connectivity index is 1.51. The molecule has 2 aromatic carbocycles.